The highest BCUT2D eigenvalue weighted by atomic mass is 32.2. The van der Waals surface area contributed by atoms with E-state index in [0.29, 0.717) is 34.5 Å². The fraction of sp³-hybridized carbons (Fsp3) is 0.455. The van der Waals surface area contributed by atoms with E-state index in [4.69, 9.17) is 18.9 Å². The Hall–Kier alpha value is -3.45. The molecule has 188 valence electrons. The van der Waals surface area contributed by atoms with Crippen molar-refractivity contribution in [3.05, 3.63) is 36.4 Å². The van der Waals surface area contributed by atoms with Gasteiger partial charge in [0.2, 0.25) is 16.0 Å². The summed E-state index contributed by atoms with van der Waals surface area (Å²) in [5.41, 5.74) is 0.633. The lowest BCUT2D eigenvalue weighted by molar-refractivity contribution is 0.125. The molecule has 0 saturated carbocycles. The zero-order valence-electron chi connectivity index (χ0n) is 20.1. The molecule has 0 aliphatic carbocycles. The van der Waals surface area contributed by atoms with Crippen LogP contribution in [0.4, 0.5) is 5.95 Å². The monoisotopic (exact) mass is 504 g/mol. The van der Waals surface area contributed by atoms with Crippen LogP contribution in [0.3, 0.4) is 0 Å². The van der Waals surface area contributed by atoms with Gasteiger partial charge in [0.15, 0.2) is 23.1 Å². The second-order valence-corrected chi connectivity index (χ2v) is 10.1. The molecular weight excluding hydrogens is 476 g/mol. The van der Waals surface area contributed by atoms with Gasteiger partial charge in [-0.15, -0.1) is 10.2 Å². The smallest absolute Gasteiger partial charge is 0.239 e. The molecule has 1 aromatic carbocycles. The zero-order valence-corrected chi connectivity index (χ0v) is 20.9. The summed E-state index contributed by atoms with van der Waals surface area (Å²) in [5.74, 6) is 1.92. The minimum Gasteiger partial charge on any atom is -0.494 e. The lowest BCUT2D eigenvalue weighted by atomic mass is 10.1. The minimum atomic E-state index is -3.91. The molecule has 0 spiro atoms. The van der Waals surface area contributed by atoms with Crippen LogP contribution in [0.5, 0.6) is 17.2 Å². The quantitative estimate of drug-likeness (QED) is 0.461. The van der Waals surface area contributed by atoms with Crippen molar-refractivity contribution < 1.29 is 27.4 Å². The van der Waals surface area contributed by atoms with Gasteiger partial charge in [-0.3, -0.25) is 9.29 Å². The van der Waals surface area contributed by atoms with E-state index in [9.17, 15) is 8.42 Å². The molecule has 0 saturated heterocycles. The van der Waals surface area contributed by atoms with Gasteiger partial charge in [0.05, 0.1) is 50.1 Å². The predicted octanol–water partition coefficient (Wildman–Crippen LogP) is 2.27. The number of fused-ring (bicyclic) bond motifs is 3. The predicted molar refractivity (Wildman–Crippen MR) is 127 cm³/mol. The number of benzene rings is 1. The van der Waals surface area contributed by atoms with Crippen molar-refractivity contribution in [3.63, 3.8) is 0 Å². The number of ether oxygens (including phenoxy) is 4. The van der Waals surface area contributed by atoms with Crippen LogP contribution in [-0.2, 0) is 14.8 Å². The molecule has 3 aromatic rings. The number of aromatic nitrogens is 5. The Labute approximate surface area is 203 Å². The first-order chi connectivity index (χ1) is 16.8. The van der Waals surface area contributed by atoms with Gasteiger partial charge in [0.1, 0.15) is 12.4 Å². The van der Waals surface area contributed by atoms with Gasteiger partial charge in [0, 0.05) is 13.0 Å². The first-order valence-corrected chi connectivity index (χ1v) is 12.5. The van der Waals surface area contributed by atoms with Crippen molar-refractivity contribution in [2.24, 2.45) is 0 Å². The van der Waals surface area contributed by atoms with E-state index in [0.717, 1.165) is 0 Å². The molecular formula is C22H28N6O6S. The van der Waals surface area contributed by atoms with Crippen LogP contribution in [0.2, 0.25) is 0 Å². The van der Waals surface area contributed by atoms with Gasteiger partial charge in [-0.05, 0) is 19.1 Å². The Balaban J connectivity index is 1.68. The molecule has 35 heavy (non-hydrogen) atoms. The number of hydrogen-bond acceptors (Lipinski definition) is 10. The molecule has 2 aromatic heterocycles. The summed E-state index contributed by atoms with van der Waals surface area (Å²) in [6.07, 6.45) is 3.01. The highest BCUT2D eigenvalue weighted by molar-refractivity contribution is 7.93. The molecule has 12 nitrogen and oxygen atoms in total. The van der Waals surface area contributed by atoms with Crippen LogP contribution in [0, 0.1) is 0 Å². The fourth-order valence-corrected chi connectivity index (χ4v) is 5.07. The van der Waals surface area contributed by atoms with E-state index in [2.05, 4.69) is 24.9 Å². The number of para-hydroxylation sites is 1. The lowest BCUT2D eigenvalue weighted by Crippen LogP contribution is -2.32. The average Bonchev–Trinajstić information content (AvgIpc) is 3.20. The summed E-state index contributed by atoms with van der Waals surface area (Å²) in [7, 11) is 0.711. The first kappa shape index (κ1) is 24.7. The van der Waals surface area contributed by atoms with Crippen molar-refractivity contribution in [3.8, 4) is 28.6 Å². The maximum Gasteiger partial charge on any atom is 0.239 e. The molecule has 0 unspecified atom stereocenters. The number of hydrogen-bond donors (Lipinski definition) is 1. The van der Waals surface area contributed by atoms with Gasteiger partial charge in [-0.2, -0.15) is 0 Å². The van der Waals surface area contributed by atoms with Gasteiger partial charge >= 0.3 is 0 Å². The highest BCUT2D eigenvalue weighted by Gasteiger charge is 2.34. The maximum atomic E-state index is 13.4. The molecule has 13 heteroatoms. The van der Waals surface area contributed by atoms with Crippen LogP contribution < -0.4 is 18.9 Å². The number of nitrogens with one attached hydrogen (secondary N) is 1. The van der Waals surface area contributed by atoms with E-state index < -0.39 is 27.2 Å². The van der Waals surface area contributed by atoms with E-state index in [1.807, 2.05) is 6.07 Å². The number of anilines is 1. The standard InChI is InChI=1S/C22H28N6O6S/c1-13(20-23-9-16(32-4)10-24-20)14(2)35(29,30)27-22-26-25-21-17-7-6-8-18(33-5)19(17)34-12-15(11-31-3)28(21)22/h6-10,13-15H,11-12H2,1-5H3,(H,26,27)/t13-,14-,15-/m0/s1. The maximum absolute atomic E-state index is 13.4. The van der Waals surface area contributed by atoms with Crippen LogP contribution in [0.15, 0.2) is 30.6 Å². The summed E-state index contributed by atoms with van der Waals surface area (Å²) in [6.45, 7) is 3.80. The second-order valence-electron chi connectivity index (χ2n) is 8.10. The third kappa shape index (κ3) is 4.73. The van der Waals surface area contributed by atoms with Gasteiger partial charge < -0.3 is 18.9 Å². The van der Waals surface area contributed by atoms with Crippen molar-refractivity contribution in [1.29, 1.82) is 0 Å². The number of nitrogens with zero attached hydrogens (tertiary/aromatic N) is 5. The molecule has 0 fully saturated rings. The molecule has 3 atom stereocenters. The third-order valence-electron chi connectivity index (χ3n) is 6.00. The molecule has 1 N–H and O–H groups in total. The number of rotatable bonds is 9. The summed E-state index contributed by atoms with van der Waals surface area (Å²) >= 11 is 0. The normalized spacial score (nSPS) is 16.8. The Bertz CT molecular complexity index is 1280. The molecule has 0 bridgehead atoms. The van der Waals surface area contributed by atoms with Crippen LogP contribution >= 0.6 is 0 Å². The van der Waals surface area contributed by atoms with Crippen LogP contribution in [0.25, 0.3) is 11.4 Å². The van der Waals surface area contributed by atoms with Gasteiger partial charge in [-0.25, -0.2) is 18.4 Å². The molecule has 1 aliphatic heterocycles. The summed E-state index contributed by atoms with van der Waals surface area (Å²) in [5, 5.41) is 7.58. The highest BCUT2D eigenvalue weighted by Crippen LogP contribution is 2.41. The topological polar surface area (TPSA) is 140 Å². The minimum absolute atomic E-state index is 0.0658. The third-order valence-corrected chi connectivity index (χ3v) is 7.85. The van der Waals surface area contributed by atoms with Crippen molar-refractivity contribution >= 4 is 16.0 Å². The van der Waals surface area contributed by atoms with E-state index in [1.54, 1.807) is 44.8 Å². The van der Waals surface area contributed by atoms with E-state index in [-0.39, 0.29) is 19.2 Å². The Morgan fingerprint density at radius 2 is 1.89 bits per heavy atom. The van der Waals surface area contributed by atoms with Crippen molar-refractivity contribution in [1.82, 2.24) is 24.7 Å². The zero-order chi connectivity index (χ0) is 25.2. The summed E-state index contributed by atoms with van der Waals surface area (Å²) < 4.78 is 52.9. The molecule has 0 amide bonds. The SMILES string of the molecule is COC[C@H]1COc2c(OC)cccc2-c2nnc(NS(=O)(=O)[C@@H](C)[C@H](C)c3ncc(OC)cn3)n21. The lowest BCUT2D eigenvalue weighted by Gasteiger charge is -2.22. The molecule has 3 heterocycles. The Morgan fingerprint density at radius 1 is 1.14 bits per heavy atom. The van der Waals surface area contributed by atoms with Crippen molar-refractivity contribution in [2.45, 2.75) is 31.1 Å². The summed E-state index contributed by atoms with van der Waals surface area (Å²) in [4.78, 5) is 8.47. The molecule has 1 aliphatic rings. The van der Waals surface area contributed by atoms with Crippen LogP contribution in [0.1, 0.15) is 31.6 Å². The average molecular weight is 505 g/mol. The molecule has 0 radical (unpaired) electrons. The van der Waals surface area contributed by atoms with Crippen molar-refractivity contribution in [2.75, 3.05) is 39.3 Å². The molecule has 4 rings (SSSR count). The number of methoxy groups -OCH3 is 3. The Kier molecular flexibility index (Phi) is 7.08. The number of sulfonamides is 1. The van der Waals surface area contributed by atoms with E-state index in [1.165, 1.54) is 19.5 Å². The fourth-order valence-electron chi connectivity index (χ4n) is 3.83. The van der Waals surface area contributed by atoms with Gasteiger partial charge in [-0.1, -0.05) is 13.0 Å². The largest absolute Gasteiger partial charge is 0.494 e. The van der Waals surface area contributed by atoms with Crippen LogP contribution in [-0.4, -0.2) is 72.9 Å². The second kappa shape index (κ2) is 10.0. The summed E-state index contributed by atoms with van der Waals surface area (Å²) in [6, 6.07) is 5.01. The Morgan fingerprint density at radius 3 is 2.54 bits per heavy atom. The van der Waals surface area contributed by atoms with E-state index >= 15 is 0 Å². The first-order valence-electron chi connectivity index (χ1n) is 10.9. The van der Waals surface area contributed by atoms with Gasteiger partial charge in [0.25, 0.3) is 0 Å².